The lowest BCUT2D eigenvalue weighted by molar-refractivity contribution is -0.363. The molecule has 3 aromatic carbocycles. The number of rotatable bonds is 16. The third-order valence-electron chi connectivity index (χ3n) is 12.6. The fraction of sp³-hybridized carbons (Fsp3) is 0.373. The lowest BCUT2D eigenvalue weighted by atomic mass is 9.96. The summed E-state index contributed by atoms with van der Waals surface area (Å²) < 4.78 is 52.7. The second-order valence-corrected chi connectivity index (χ2v) is 18.0. The van der Waals surface area contributed by atoms with E-state index in [1.165, 1.54) is 72.8 Å². The molecular weight excluding hydrogens is 1030 g/mol. The Labute approximate surface area is 435 Å². The topological polar surface area (TPSA) is 421 Å². The maximum Gasteiger partial charge on any atom is 0.330 e. The molecular formula is C51H54O26. The first kappa shape index (κ1) is 55.9. The number of carbonyl (C=O) groups excluding carboxylic acids is 2. The number of aromatic hydroxyl groups is 5. The van der Waals surface area contributed by atoms with Crippen LogP contribution in [0.3, 0.4) is 0 Å². The van der Waals surface area contributed by atoms with Gasteiger partial charge in [0.25, 0.3) is 0 Å². The number of fused-ring (bicyclic) bond motifs is 1. The molecule has 8 rings (SSSR count). The second kappa shape index (κ2) is 23.9. The number of allylic oxidation sites excluding steroid dienone is 2. The van der Waals surface area contributed by atoms with Crippen molar-refractivity contribution >= 4 is 29.8 Å². The van der Waals surface area contributed by atoms with E-state index in [2.05, 4.69) is 0 Å². The number of aliphatic hydroxyl groups is 10. The third-order valence-corrected chi connectivity index (χ3v) is 12.6. The van der Waals surface area contributed by atoms with Crippen molar-refractivity contribution in [3.63, 3.8) is 0 Å². The zero-order chi connectivity index (χ0) is 55.4. The van der Waals surface area contributed by atoms with Crippen molar-refractivity contribution in [3.05, 3.63) is 131 Å². The predicted molar refractivity (Wildman–Crippen MR) is 254 cm³/mol. The van der Waals surface area contributed by atoms with Gasteiger partial charge in [0.15, 0.2) is 46.9 Å². The average molecular weight is 1080 g/mol. The van der Waals surface area contributed by atoms with Gasteiger partial charge in [0.1, 0.15) is 104 Å². The van der Waals surface area contributed by atoms with Crippen LogP contribution in [-0.2, 0) is 52.2 Å². The Kier molecular flexibility index (Phi) is 17.4. The van der Waals surface area contributed by atoms with E-state index in [1.807, 2.05) is 0 Å². The van der Waals surface area contributed by atoms with Gasteiger partial charge in [0, 0.05) is 35.4 Å². The summed E-state index contributed by atoms with van der Waals surface area (Å²) in [4.78, 5) is 25.7. The molecule has 4 heterocycles. The number of carbonyl (C=O) groups is 2. The van der Waals surface area contributed by atoms with Crippen molar-refractivity contribution in [2.45, 2.75) is 98.2 Å². The molecule has 0 spiro atoms. The van der Waals surface area contributed by atoms with Crippen molar-refractivity contribution in [1.29, 1.82) is 0 Å². The molecule has 26 heteroatoms. The number of phenolic OH excluding ortho intramolecular Hbond substituents is 5. The van der Waals surface area contributed by atoms with Gasteiger partial charge in [-0.15, -0.1) is 0 Å². The molecule has 0 aromatic heterocycles. The normalized spacial score (nSPS) is 32.4. The van der Waals surface area contributed by atoms with Crippen LogP contribution in [-0.4, -0.2) is 207 Å². The first-order valence-corrected chi connectivity index (χ1v) is 23.5. The number of hydrogen-bond donors (Lipinski definition) is 15. The summed E-state index contributed by atoms with van der Waals surface area (Å²) in [6, 6.07) is 12.7. The zero-order valence-corrected chi connectivity index (χ0v) is 39.9. The number of esters is 2. The fourth-order valence-electron chi connectivity index (χ4n) is 8.37. The SMILES string of the molecule is O=C(C=Cc1ccc(O)c(O)c1)OCC1OC(OC2C(OC3=C(c4ccc(O)cc4)OC4C=C(O)C=C(OC5OC(CO)C(O)C(O)C5O)C4=C3)OC(COC(=O)C=Cc3ccc(O)c(O)c3)C(O)C2O)C(O)C(O)C1O. The fourth-order valence-corrected chi connectivity index (χ4v) is 8.37. The Bertz CT molecular complexity index is 2800. The Hall–Kier alpha value is -7.28. The number of benzene rings is 3. The van der Waals surface area contributed by atoms with Gasteiger partial charge in [0.2, 0.25) is 12.6 Å². The van der Waals surface area contributed by atoms with E-state index in [4.69, 9.17) is 42.6 Å². The van der Waals surface area contributed by atoms with Crippen LogP contribution in [0, 0.1) is 0 Å². The molecule has 16 atom stereocenters. The van der Waals surface area contributed by atoms with Crippen LogP contribution in [0.2, 0.25) is 0 Å². The monoisotopic (exact) mass is 1080 g/mol. The lowest BCUT2D eigenvalue weighted by Crippen LogP contribution is -2.64. The van der Waals surface area contributed by atoms with Crippen molar-refractivity contribution in [3.8, 4) is 28.7 Å². The first-order valence-electron chi connectivity index (χ1n) is 23.5. The van der Waals surface area contributed by atoms with E-state index in [9.17, 15) is 86.2 Å². The summed E-state index contributed by atoms with van der Waals surface area (Å²) in [5.74, 6) is -5.20. The van der Waals surface area contributed by atoms with E-state index in [-0.39, 0.29) is 45.3 Å². The minimum atomic E-state index is -2.14. The van der Waals surface area contributed by atoms with Crippen molar-refractivity contribution in [2.24, 2.45) is 0 Å². The maximum atomic E-state index is 12.9. The molecule has 414 valence electrons. The minimum Gasteiger partial charge on any atom is -0.508 e. The molecule has 3 saturated heterocycles. The smallest absolute Gasteiger partial charge is 0.330 e. The van der Waals surface area contributed by atoms with Gasteiger partial charge in [-0.2, -0.15) is 0 Å². The molecule has 5 aliphatic rings. The summed E-state index contributed by atoms with van der Waals surface area (Å²) in [5, 5.41) is 158. The van der Waals surface area contributed by atoms with Crippen molar-refractivity contribution in [2.75, 3.05) is 19.8 Å². The summed E-state index contributed by atoms with van der Waals surface area (Å²) >= 11 is 0. The highest BCUT2D eigenvalue weighted by Crippen LogP contribution is 2.41. The highest BCUT2D eigenvalue weighted by molar-refractivity contribution is 5.87. The molecule has 0 amide bonds. The molecule has 77 heavy (non-hydrogen) atoms. The molecule has 1 aliphatic carbocycles. The first-order chi connectivity index (χ1) is 36.7. The molecule has 16 unspecified atom stereocenters. The van der Waals surface area contributed by atoms with E-state index in [0.717, 1.165) is 30.4 Å². The van der Waals surface area contributed by atoms with Gasteiger partial charge in [-0.1, -0.05) is 12.1 Å². The van der Waals surface area contributed by atoms with Gasteiger partial charge in [0.05, 0.1) is 6.61 Å². The Morgan fingerprint density at radius 3 is 1.62 bits per heavy atom. The largest absolute Gasteiger partial charge is 0.508 e. The number of ether oxygens (including phenoxy) is 9. The van der Waals surface area contributed by atoms with Gasteiger partial charge >= 0.3 is 11.9 Å². The van der Waals surface area contributed by atoms with E-state index >= 15 is 0 Å². The average Bonchev–Trinajstić information content (AvgIpc) is 3.42. The molecule has 26 nitrogen and oxygen atoms in total. The highest BCUT2D eigenvalue weighted by atomic mass is 16.8. The van der Waals surface area contributed by atoms with Crippen LogP contribution < -0.4 is 0 Å². The standard InChI is InChI=1S/C51H54O26/c52-18-34-39(61)42(64)45(67)49(74-34)72-32-16-25(54)15-31-26(32)17-33(47(71-31)23-5-7-24(53)8-6-23)73-51-48(44(66)41(63)36(76-51)20-70-38(60)12-4-22-2-10-28(56)30(58)14-22)77-50-46(68)43(65)40(62)35(75-50)19-69-37(59)11-3-21-1-9-27(55)29(57)13-21/h1-17,31,34-36,39-46,48-58,61-68H,18-20H2. The van der Waals surface area contributed by atoms with Crippen LogP contribution in [0.1, 0.15) is 16.7 Å². The molecule has 4 aliphatic heterocycles. The Balaban J connectivity index is 1.10. The Morgan fingerprint density at radius 2 is 1.06 bits per heavy atom. The number of hydrogen-bond acceptors (Lipinski definition) is 26. The molecule has 0 saturated carbocycles. The highest BCUT2D eigenvalue weighted by Gasteiger charge is 2.53. The minimum absolute atomic E-state index is 0.00181. The Morgan fingerprint density at radius 1 is 0.545 bits per heavy atom. The molecule has 0 radical (unpaired) electrons. The number of aliphatic hydroxyl groups excluding tert-OH is 10. The van der Waals surface area contributed by atoms with E-state index in [1.54, 1.807) is 0 Å². The van der Waals surface area contributed by atoms with Crippen LogP contribution in [0.5, 0.6) is 28.7 Å². The second-order valence-electron chi connectivity index (χ2n) is 18.0. The summed E-state index contributed by atoms with van der Waals surface area (Å²) in [6.45, 7) is -2.39. The maximum absolute atomic E-state index is 12.9. The van der Waals surface area contributed by atoms with Crippen LogP contribution in [0.4, 0.5) is 0 Å². The van der Waals surface area contributed by atoms with Crippen LogP contribution in [0.15, 0.2) is 114 Å². The molecule has 0 bridgehead atoms. The predicted octanol–water partition coefficient (Wildman–Crippen LogP) is -1.47. The van der Waals surface area contributed by atoms with Crippen LogP contribution >= 0.6 is 0 Å². The van der Waals surface area contributed by atoms with Crippen LogP contribution in [0.25, 0.3) is 17.9 Å². The summed E-state index contributed by atoms with van der Waals surface area (Å²) in [7, 11) is 0. The quantitative estimate of drug-likeness (QED) is 0.0442. The van der Waals surface area contributed by atoms with Gasteiger partial charge in [-0.3, -0.25) is 0 Å². The molecule has 3 fully saturated rings. The van der Waals surface area contributed by atoms with Gasteiger partial charge in [-0.05, 0) is 77.9 Å². The molecule has 3 aromatic rings. The van der Waals surface area contributed by atoms with Gasteiger partial charge < -0.3 is 119 Å². The van der Waals surface area contributed by atoms with E-state index < -0.39 is 159 Å². The lowest BCUT2D eigenvalue weighted by Gasteiger charge is -2.46. The molecule has 15 N–H and O–H groups in total. The van der Waals surface area contributed by atoms with Crippen molar-refractivity contribution in [1.82, 2.24) is 0 Å². The summed E-state index contributed by atoms with van der Waals surface area (Å²) in [5.41, 5.74) is 0.748. The third kappa shape index (κ3) is 12.8. The summed E-state index contributed by atoms with van der Waals surface area (Å²) in [6.07, 6.45) is -21.8. The number of phenols is 5. The van der Waals surface area contributed by atoms with Gasteiger partial charge in [-0.25, -0.2) is 9.59 Å². The zero-order valence-electron chi connectivity index (χ0n) is 39.9. The van der Waals surface area contributed by atoms with Crippen molar-refractivity contribution < 1.29 is 129 Å². The van der Waals surface area contributed by atoms with E-state index in [0.29, 0.717) is 0 Å².